The van der Waals surface area contributed by atoms with Gasteiger partial charge in [-0.15, -0.1) is 0 Å². The monoisotopic (exact) mass is 1160 g/mol. The molecule has 0 unspecified atom stereocenters. The van der Waals surface area contributed by atoms with Gasteiger partial charge < -0.3 is 103 Å². The maximum absolute atomic E-state index is 14.3. The number of methoxy groups -OCH3 is 2. The zero-order valence-electron chi connectivity index (χ0n) is 46.1. The van der Waals surface area contributed by atoms with E-state index in [0.29, 0.717) is 5.56 Å². The van der Waals surface area contributed by atoms with E-state index in [2.05, 4.69) is 52.2 Å². The lowest BCUT2D eigenvalue weighted by atomic mass is 10.0. The second-order valence-electron chi connectivity index (χ2n) is 20.0. The van der Waals surface area contributed by atoms with Gasteiger partial charge in [0.05, 0.1) is 62.4 Å². The minimum atomic E-state index is -1.49. The van der Waals surface area contributed by atoms with Crippen LogP contribution in [0.5, 0.6) is 5.75 Å². The molecule has 0 heterocycles. The minimum Gasteiger partial charge on any atom is -0.508 e. The Kier molecular flexibility index (Phi) is 26.5. The Morgan fingerprint density at radius 1 is 0.524 bits per heavy atom. The van der Waals surface area contributed by atoms with Crippen molar-refractivity contribution in [3.63, 3.8) is 0 Å². The summed E-state index contributed by atoms with van der Waals surface area (Å²) >= 11 is 0. The van der Waals surface area contributed by atoms with Gasteiger partial charge in [0.2, 0.25) is 53.2 Å². The van der Waals surface area contributed by atoms with Gasteiger partial charge in [0, 0.05) is 26.1 Å². The highest BCUT2D eigenvalue weighted by atomic mass is 16.5. The molecule has 2 aliphatic carbocycles. The Balaban J connectivity index is 1.90. The van der Waals surface area contributed by atoms with Gasteiger partial charge in [-0.1, -0.05) is 26.0 Å². The topological polar surface area (TPSA) is 582 Å². The highest BCUT2D eigenvalue weighted by Gasteiger charge is 2.63. The first-order valence-electron chi connectivity index (χ1n) is 26.2. The molecule has 1 aromatic carbocycles. The number of aliphatic imine (C=N–C) groups is 3. The summed E-state index contributed by atoms with van der Waals surface area (Å²) in [5.41, 5.74) is 50.0. The number of hydrogen-bond donors (Lipinski definition) is 17. The van der Waals surface area contributed by atoms with Gasteiger partial charge in [-0.2, -0.15) is 0 Å². The molecule has 9 amide bonds. The van der Waals surface area contributed by atoms with Gasteiger partial charge >= 0.3 is 11.9 Å². The lowest BCUT2D eigenvalue weighted by Crippen LogP contribution is -2.56. The lowest BCUT2D eigenvalue weighted by molar-refractivity contribution is -0.144. The first-order valence-corrected chi connectivity index (χ1v) is 26.2. The number of benzene rings is 1. The number of guanidine groups is 3. The van der Waals surface area contributed by atoms with E-state index in [0.717, 1.165) is 14.2 Å². The summed E-state index contributed by atoms with van der Waals surface area (Å²) in [6.07, 6.45) is -0.644. The highest BCUT2D eigenvalue weighted by Crippen LogP contribution is 2.42. The van der Waals surface area contributed by atoms with E-state index < -0.39 is 144 Å². The quantitative estimate of drug-likeness (QED) is 0.0130. The Hall–Kier alpha value is -9.04. The number of aromatic hydroxyl groups is 1. The normalized spacial score (nSPS) is 19.7. The van der Waals surface area contributed by atoms with E-state index in [4.69, 9.17) is 61.1 Å². The first kappa shape index (κ1) is 67.2. The summed E-state index contributed by atoms with van der Waals surface area (Å²) in [6, 6.07) is -5.01. The summed E-state index contributed by atoms with van der Waals surface area (Å²) in [5, 5.41) is 27.7. The molecule has 2 fully saturated rings. The highest BCUT2D eigenvalue weighted by molar-refractivity contribution is 6.00. The van der Waals surface area contributed by atoms with Crippen molar-refractivity contribution in [2.24, 2.45) is 96.2 Å². The molecule has 26 N–H and O–H groups in total. The van der Waals surface area contributed by atoms with E-state index in [1.165, 1.54) is 24.3 Å². The van der Waals surface area contributed by atoms with Gasteiger partial charge in [-0.3, -0.25) is 67.7 Å². The van der Waals surface area contributed by atoms with Crippen molar-refractivity contribution < 1.29 is 67.3 Å². The minimum absolute atomic E-state index is 0.0107. The number of amides is 9. The lowest BCUT2D eigenvalue weighted by Gasteiger charge is -2.25. The molecule has 12 atom stereocenters. The van der Waals surface area contributed by atoms with Crippen molar-refractivity contribution in [1.29, 1.82) is 0 Å². The number of esters is 2. The molecule has 0 spiro atoms. The molecule has 33 nitrogen and oxygen atoms in total. The van der Waals surface area contributed by atoms with Crippen LogP contribution in [-0.4, -0.2) is 170 Å². The van der Waals surface area contributed by atoms with Crippen molar-refractivity contribution in [3.05, 3.63) is 29.8 Å². The zero-order chi connectivity index (χ0) is 61.5. The summed E-state index contributed by atoms with van der Waals surface area (Å²) in [5.74, 6) is -16.3. The maximum atomic E-state index is 14.3. The molecule has 0 aliphatic heterocycles. The maximum Gasteiger partial charge on any atom is 0.311 e. The van der Waals surface area contributed by atoms with Gasteiger partial charge in [-0.25, -0.2) is 0 Å². The predicted octanol–water partition coefficient (Wildman–Crippen LogP) is -7.94. The van der Waals surface area contributed by atoms with Crippen LogP contribution in [0.3, 0.4) is 0 Å². The van der Waals surface area contributed by atoms with Crippen LogP contribution in [0.2, 0.25) is 0 Å². The first-order chi connectivity index (χ1) is 38.6. The third-order valence-corrected chi connectivity index (χ3v) is 13.1. The number of nitrogens with one attached hydrogen (secondary N) is 7. The molecular weight excluding hydrogens is 1080 g/mol. The van der Waals surface area contributed by atoms with Gasteiger partial charge in [0.15, 0.2) is 17.9 Å². The van der Waals surface area contributed by atoms with Crippen LogP contribution < -0.4 is 88.8 Å². The van der Waals surface area contributed by atoms with Crippen LogP contribution in [0.1, 0.15) is 70.8 Å². The number of nitrogens with two attached hydrogens (primary N) is 9. The number of rotatable bonds is 35. The molecule has 3 rings (SSSR count). The van der Waals surface area contributed by atoms with Gasteiger partial charge in [0.25, 0.3) is 0 Å². The van der Waals surface area contributed by atoms with E-state index in [-0.39, 0.29) is 101 Å². The van der Waals surface area contributed by atoms with Crippen LogP contribution in [-0.2, 0) is 68.6 Å². The van der Waals surface area contributed by atoms with Crippen LogP contribution in [0.15, 0.2) is 39.2 Å². The molecule has 2 saturated carbocycles. The number of phenols is 1. The summed E-state index contributed by atoms with van der Waals surface area (Å²) in [6.45, 7) is 3.51. The molecule has 0 saturated heterocycles. The fraction of sp³-hybridized carbons (Fsp3) is 0.592. The second-order valence-corrected chi connectivity index (χ2v) is 20.0. The van der Waals surface area contributed by atoms with Crippen molar-refractivity contribution >= 4 is 83.0 Å². The second kappa shape index (κ2) is 32.3. The van der Waals surface area contributed by atoms with Crippen molar-refractivity contribution in [1.82, 2.24) is 37.2 Å². The fourth-order valence-electron chi connectivity index (χ4n) is 8.80. The zero-order valence-corrected chi connectivity index (χ0v) is 46.1. The van der Waals surface area contributed by atoms with E-state index in [9.17, 15) is 57.8 Å². The summed E-state index contributed by atoms with van der Waals surface area (Å²) in [4.78, 5) is 159. The standard InChI is InChI=1S/C49H79N19O14/c1-21(2)18-29(66-38(72)24(50)20-30(51)70)42(76)62-26(9-6-16-60-48(55)56)40(74)67-35-32(34(35)46(80)82-4)44(78)64-27(10-7-17-61-49(57)58)41(75)68-36-31(33(36)45(79)81-3)43(77)63-25(8-5-15-59-47(53)54)39(73)65-28(37(52)71)19-22-11-13-23(69)14-12-22/h11-14,21,24-29,31-36,69H,5-10,15-20,50H2,1-4H3,(H2,51,70)(H2,52,71)(H,62,76)(H,63,77)(H,64,78)(H,65,73)(H,66,72)(H,67,74)(H,68,75)(H4,53,54,59)(H4,55,56,60)(H4,57,58,61)/t24-,25-,26-,27-,28-,29-,31+,32+,33+,34+,35+,36+/m0/s1. The van der Waals surface area contributed by atoms with Gasteiger partial charge in [0.1, 0.15) is 36.0 Å². The predicted molar refractivity (Wildman–Crippen MR) is 293 cm³/mol. The SMILES string of the molecule is COC(=O)[C@H]1[C@H](NC(=O)[C@H](CCCN=C(N)N)NC(=O)[C@H]2[C@@H](NC(=O)[C@H](CCCN=C(N)N)NC(=O)[C@H](CC(C)C)NC(=O)[C@@H](N)CC(N)=O)[C@@H]2C(=O)OC)[C@@H]1C(=O)N[C@@H](CCCN=C(N)N)C(=O)N[C@@H](Cc1ccc(O)cc1)C(N)=O. The average Bonchev–Trinajstić information content (AvgIpc) is 4.52. The van der Waals surface area contributed by atoms with Crippen molar-refractivity contribution in [2.45, 2.75) is 120 Å². The Labute approximate surface area is 472 Å². The van der Waals surface area contributed by atoms with Crippen molar-refractivity contribution in [2.75, 3.05) is 33.9 Å². The number of ether oxygens (including phenoxy) is 2. The summed E-state index contributed by atoms with van der Waals surface area (Å²) in [7, 11) is 2.08. The molecule has 0 aromatic heterocycles. The number of phenolic OH excluding ortho intramolecular Hbond substituents is 1. The smallest absolute Gasteiger partial charge is 0.311 e. The molecule has 1 aromatic rings. The summed E-state index contributed by atoms with van der Waals surface area (Å²) < 4.78 is 9.89. The Morgan fingerprint density at radius 3 is 1.28 bits per heavy atom. The molecule has 454 valence electrons. The van der Waals surface area contributed by atoms with Crippen LogP contribution in [0.4, 0.5) is 0 Å². The molecule has 33 heteroatoms. The third kappa shape index (κ3) is 21.9. The largest absolute Gasteiger partial charge is 0.508 e. The molecule has 82 heavy (non-hydrogen) atoms. The van der Waals surface area contributed by atoms with E-state index in [1.807, 2.05) is 0 Å². The molecule has 0 radical (unpaired) electrons. The Bertz CT molecular complexity index is 2550. The van der Waals surface area contributed by atoms with E-state index >= 15 is 0 Å². The number of carbonyl (C=O) groups is 11. The molecular formula is C49H79N19O14. The molecule has 0 bridgehead atoms. The Morgan fingerprint density at radius 2 is 0.902 bits per heavy atom. The van der Waals surface area contributed by atoms with Crippen LogP contribution in [0, 0.1) is 29.6 Å². The third-order valence-electron chi connectivity index (χ3n) is 13.1. The number of hydrogen-bond acceptors (Lipinski definition) is 18. The number of carbonyl (C=O) groups excluding carboxylic acids is 11. The molecule has 2 aliphatic rings. The van der Waals surface area contributed by atoms with E-state index in [1.54, 1.807) is 13.8 Å². The fourth-order valence-corrected chi connectivity index (χ4v) is 8.80. The number of nitrogens with zero attached hydrogens (tertiary/aromatic N) is 3. The van der Waals surface area contributed by atoms with Gasteiger partial charge in [-0.05, 0) is 68.6 Å². The van der Waals surface area contributed by atoms with Crippen molar-refractivity contribution in [3.8, 4) is 5.75 Å². The van der Waals surface area contributed by atoms with Crippen LogP contribution >= 0.6 is 0 Å². The number of primary amides is 2. The average molecular weight is 1160 g/mol. The van der Waals surface area contributed by atoms with Crippen LogP contribution in [0.25, 0.3) is 0 Å².